The monoisotopic (exact) mass is 371 g/mol. The highest BCUT2D eigenvalue weighted by atomic mass is 16.5. The highest BCUT2D eigenvalue weighted by Crippen LogP contribution is 2.16. The van der Waals surface area contributed by atoms with Gasteiger partial charge in [0.25, 0.3) is 0 Å². The number of hydrogen-bond acceptors (Lipinski definition) is 4. The number of nitrogens with zero attached hydrogens (tertiary/aromatic N) is 3. The largest absolute Gasteiger partial charge is 0.357 e. The molecular weight excluding hydrogens is 338 g/mol. The summed E-state index contributed by atoms with van der Waals surface area (Å²) in [5.74, 6) is 3.01. The highest BCUT2D eigenvalue weighted by Gasteiger charge is 2.09. The zero-order chi connectivity index (χ0) is 19.6. The van der Waals surface area contributed by atoms with Crippen molar-refractivity contribution in [2.24, 2.45) is 4.99 Å². The molecule has 27 heavy (non-hydrogen) atoms. The first-order chi connectivity index (χ1) is 13.0. The third-order valence-electron chi connectivity index (χ3n) is 4.34. The van der Waals surface area contributed by atoms with Crippen molar-refractivity contribution in [3.8, 4) is 0 Å². The van der Waals surface area contributed by atoms with Crippen molar-refractivity contribution in [2.75, 3.05) is 19.6 Å². The minimum atomic E-state index is 0.295. The van der Waals surface area contributed by atoms with E-state index in [2.05, 4.69) is 79.7 Å². The van der Waals surface area contributed by atoms with Crippen LogP contribution in [0.4, 0.5) is 0 Å². The minimum absolute atomic E-state index is 0.295. The number of nitrogens with one attached hydrogen (secondary N) is 2. The molecule has 2 N–H and O–H groups in total. The van der Waals surface area contributed by atoms with E-state index in [0.717, 1.165) is 44.3 Å². The molecular formula is C21H33N5O. The van der Waals surface area contributed by atoms with Crippen molar-refractivity contribution in [2.45, 2.75) is 59.3 Å². The predicted molar refractivity (Wildman–Crippen MR) is 110 cm³/mol. The molecule has 2 aromatic rings. The Morgan fingerprint density at radius 3 is 2.70 bits per heavy atom. The number of aryl methyl sites for hydroxylation is 2. The lowest BCUT2D eigenvalue weighted by Gasteiger charge is -2.14. The molecule has 6 heteroatoms. The molecule has 1 unspecified atom stereocenters. The smallest absolute Gasteiger partial charge is 0.226 e. The van der Waals surface area contributed by atoms with Gasteiger partial charge in [-0.25, -0.2) is 0 Å². The Morgan fingerprint density at radius 1 is 1.22 bits per heavy atom. The molecule has 0 saturated heterocycles. The van der Waals surface area contributed by atoms with Gasteiger partial charge in [-0.3, -0.25) is 4.99 Å². The van der Waals surface area contributed by atoms with Gasteiger partial charge in [-0.1, -0.05) is 55.8 Å². The predicted octanol–water partition coefficient (Wildman–Crippen LogP) is 3.79. The quantitative estimate of drug-likeness (QED) is 0.398. The molecule has 0 aliphatic heterocycles. The van der Waals surface area contributed by atoms with Gasteiger partial charge in [-0.05, 0) is 25.8 Å². The second-order valence-corrected chi connectivity index (χ2v) is 7.27. The first-order valence-corrected chi connectivity index (χ1v) is 9.90. The van der Waals surface area contributed by atoms with Crippen LogP contribution in [0, 0.1) is 6.92 Å². The van der Waals surface area contributed by atoms with E-state index in [4.69, 9.17) is 9.52 Å². The van der Waals surface area contributed by atoms with Crippen LogP contribution in [0.25, 0.3) is 0 Å². The van der Waals surface area contributed by atoms with Gasteiger partial charge in [-0.15, -0.1) is 0 Å². The van der Waals surface area contributed by atoms with E-state index >= 15 is 0 Å². The molecule has 0 amide bonds. The van der Waals surface area contributed by atoms with E-state index in [1.165, 1.54) is 11.1 Å². The number of aliphatic imine (C=N–C) groups is 1. The Balaban J connectivity index is 1.80. The summed E-state index contributed by atoms with van der Waals surface area (Å²) in [4.78, 5) is 9.15. The zero-order valence-electron chi connectivity index (χ0n) is 17.2. The maximum Gasteiger partial charge on any atom is 0.226 e. The van der Waals surface area contributed by atoms with Gasteiger partial charge in [0.05, 0.1) is 0 Å². The third kappa shape index (κ3) is 7.04. The van der Waals surface area contributed by atoms with Crippen LogP contribution >= 0.6 is 0 Å². The standard InChI is InChI=1S/C21H33N5O/c1-6-22-21(24-14-17(5)18-10-7-9-16(4)13-18)23-12-8-11-19-25-20(15(2)3)26-27-19/h7,9-10,13,15,17H,6,8,11-12,14H2,1-5H3,(H2,22,23,24). The van der Waals surface area contributed by atoms with Gasteiger partial charge in [0.2, 0.25) is 5.89 Å². The average molecular weight is 372 g/mol. The summed E-state index contributed by atoms with van der Waals surface area (Å²) in [5, 5.41) is 10.7. The van der Waals surface area contributed by atoms with E-state index < -0.39 is 0 Å². The molecule has 1 aromatic carbocycles. The molecule has 148 valence electrons. The van der Waals surface area contributed by atoms with Gasteiger partial charge >= 0.3 is 0 Å². The van der Waals surface area contributed by atoms with Crippen molar-refractivity contribution in [3.63, 3.8) is 0 Å². The van der Waals surface area contributed by atoms with Crippen LogP contribution in [0.15, 0.2) is 33.8 Å². The zero-order valence-corrected chi connectivity index (χ0v) is 17.2. The van der Waals surface area contributed by atoms with Crippen molar-refractivity contribution in [1.29, 1.82) is 0 Å². The summed E-state index contributed by atoms with van der Waals surface area (Å²) in [6.45, 7) is 12.9. The summed E-state index contributed by atoms with van der Waals surface area (Å²) < 4.78 is 5.28. The van der Waals surface area contributed by atoms with Gasteiger partial charge < -0.3 is 15.2 Å². The number of hydrogen-bond donors (Lipinski definition) is 2. The van der Waals surface area contributed by atoms with E-state index in [1.54, 1.807) is 0 Å². The molecule has 1 atom stereocenters. The van der Waals surface area contributed by atoms with Crippen LogP contribution in [0.2, 0.25) is 0 Å². The van der Waals surface area contributed by atoms with E-state index in [9.17, 15) is 0 Å². The fraction of sp³-hybridized carbons (Fsp3) is 0.571. The molecule has 0 bridgehead atoms. The molecule has 0 spiro atoms. The van der Waals surface area contributed by atoms with Crippen LogP contribution in [-0.4, -0.2) is 35.7 Å². The molecule has 1 heterocycles. The summed E-state index contributed by atoms with van der Waals surface area (Å²) in [6.07, 6.45) is 1.68. The normalized spacial score (nSPS) is 13.0. The Morgan fingerprint density at radius 2 is 2.04 bits per heavy atom. The Kier molecular flexibility index (Phi) is 8.30. The number of aromatic nitrogens is 2. The topological polar surface area (TPSA) is 75.3 Å². The van der Waals surface area contributed by atoms with Gasteiger partial charge in [0.15, 0.2) is 11.8 Å². The van der Waals surface area contributed by atoms with Crippen LogP contribution in [0.5, 0.6) is 0 Å². The Labute approximate surface area is 162 Å². The van der Waals surface area contributed by atoms with Gasteiger partial charge in [0, 0.05) is 37.9 Å². The maximum absolute atomic E-state index is 5.28. The molecule has 2 rings (SSSR count). The second-order valence-electron chi connectivity index (χ2n) is 7.27. The molecule has 0 radical (unpaired) electrons. The SMILES string of the molecule is CCNC(=NCC(C)c1cccc(C)c1)NCCCc1nc(C(C)C)no1. The lowest BCUT2D eigenvalue weighted by molar-refractivity contribution is 0.368. The molecule has 0 aliphatic rings. The van der Waals surface area contributed by atoms with Crippen molar-refractivity contribution < 1.29 is 4.52 Å². The third-order valence-corrected chi connectivity index (χ3v) is 4.34. The average Bonchev–Trinajstić information content (AvgIpc) is 3.12. The Bertz CT molecular complexity index is 723. The summed E-state index contributed by atoms with van der Waals surface area (Å²) in [7, 11) is 0. The molecule has 0 saturated carbocycles. The van der Waals surface area contributed by atoms with E-state index in [0.29, 0.717) is 17.7 Å². The molecule has 0 aliphatic carbocycles. The number of rotatable bonds is 9. The van der Waals surface area contributed by atoms with Crippen molar-refractivity contribution in [3.05, 3.63) is 47.1 Å². The fourth-order valence-corrected chi connectivity index (χ4v) is 2.70. The fourth-order valence-electron chi connectivity index (χ4n) is 2.70. The van der Waals surface area contributed by atoms with Crippen LogP contribution in [-0.2, 0) is 6.42 Å². The summed E-state index contributed by atoms with van der Waals surface area (Å²) in [6, 6.07) is 8.63. The maximum atomic E-state index is 5.28. The van der Waals surface area contributed by atoms with Crippen molar-refractivity contribution >= 4 is 5.96 Å². The first-order valence-electron chi connectivity index (χ1n) is 9.90. The number of guanidine groups is 1. The second kappa shape index (κ2) is 10.7. The van der Waals surface area contributed by atoms with Gasteiger partial charge in [-0.2, -0.15) is 4.98 Å². The van der Waals surface area contributed by atoms with Crippen LogP contribution in [0.3, 0.4) is 0 Å². The molecule has 0 fully saturated rings. The minimum Gasteiger partial charge on any atom is -0.357 e. The lowest BCUT2D eigenvalue weighted by atomic mass is 10.00. The van der Waals surface area contributed by atoms with E-state index in [1.807, 2.05) is 0 Å². The summed E-state index contributed by atoms with van der Waals surface area (Å²) >= 11 is 0. The van der Waals surface area contributed by atoms with Gasteiger partial charge in [0.1, 0.15) is 0 Å². The first kappa shape index (κ1) is 20.9. The summed E-state index contributed by atoms with van der Waals surface area (Å²) in [5.41, 5.74) is 2.61. The number of benzene rings is 1. The lowest BCUT2D eigenvalue weighted by Crippen LogP contribution is -2.38. The Hall–Kier alpha value is -2.37. The van der Waals surface area contributed by atoms with Crippen LogP contribution in [0.1, 0.15) is 68.8 Å². The molecule has 1 aromatic heterocycles. The highest BCUT2D eigenvalue weighted by molar-refractivity contribution is 5.79. The van der Waals surface area contributed by atoms with Crippen LogP contribution < -0.4 is 10.6 Å². The van der Waals surface area contributed by atoms with Crippen molar-refractivity contribution in [1.82, 2.24) is 20.8 Å². The molecule has 6 nitrogen and oxygen atoms in total. The van der Waals surface area contributed by atoms with E-state index in [-0.39, 0.29) is 0 Å².